The lowest BCUT2D eigenvalue weighted by Crippen LogP contribution is -2.40. The summed E-state index contributed by atoms with van der Waals surface area (Å²) in [5, 5.41) is 17.1. The number of nitrogens with two attached hydrogens (primary N) is 1. The number of benzene rings is 2. The molecule has 1 aliphatic heterocycles. The first-order valence-corrected chi connectivity index (χ1v) is 10.5. The highest BCUT2D eigenvalue weighted by Gasteiger charge is 2.22. The highest BCUT2D eigenvalue weighted by molar-refractivity contribution is 5.87. The molecule has 0 aliphatic carbocycles. The summed E-state index contributed by atoms with van der Waals surface area (Å²) in [6.07, 6.45) is 3.16. The van der Waals surface area contributed by atoms with Gasteiger partial charge in [-0.25, -0.2) is 23.4 Å². The van der Waals surface area contributed by atoms with Crippen molar-refractivity contribution in [2.45, 2.75) is 18.9 Å². The SMILES string of the molecule is Cn1nnc2cc(-c3cnc(N4CCC(N)CC4)nc3-c3ccc(C#N)c(F)c3)c(F)cc21. The minimum Gasteiger partial charge on any atom is -0.341 e. The summed E-state index contributed by atoms with van der Waals surface area (Å²) in [7, 11) is 1.68. The molecule has 0 spiro atoms. The fraction of sp³-hybridized carbons (Fsp3) is 0.261. The molecule has 166 valence electrons. The van der Waals surface area contributed by atoms with Crippen molar-refractivity contribution in [3.8, 4) is 28.5 Å². The number of anilines is 1. The average Bonchev–Trinajstić information content (AvgIpc) is 3.18. The van der Waals surface area contributed by atoms with Crippen LogP contribution in [0.5, 0.6) is 0 Å². The monoisotopic (exact) mass is 446 g/mol. The molecule has 0 radical (unpaired) electrons. The third-order valence-electron chi connectivity index (χ3n) is 5.95. The van der Waals surface area contributed by atoms with Crippen LogP contribution in [-0.2, 0) is 7.05 Å². The topological polar surface area (TPSA) is 110 Å². The third kappa shape index (κ3) is 3.76. The number of nitrogens with zero attached hydrogens (tertiary/aromatic N) is 7. The Labute approximate surface area is 188 Å². The number of hydrogen-bond donors (Lipinski definition) is 1. The lowest BCUT2D eigenvalue weighted by atomic mass is 9.99. The summed E-state index contributed by atoms with van der Waals surface area (Å²) in [6.45, 7) is 1.39. The number of aryl methyl sites for hydroxylation is 1. The molecule has 2 aromatic carbocycles. The molecule has 3 heterocycles. The van der Waals surface area contributed by atoms with Crippen molar-refractivity contribution in [3.63, 3.8) is 0 Å². The Kier molecular flexibility index (Phi) is 5.18. The van der Waals surface area contributed by atoms with Crippen LogP contribution in [-0.4, -0.2) is 44.1 Å². The van der Waals surface area contributed by atoms with Crippen molar-refractivity contribution in [3.05, 3.63) is 53.7 Å². The molecule has 10 heteroatoms. The molecule has 0 unspecified atom stereocenters. The molecule has 1 saturated heterocycles. The van der Waals surface area contributed by atoms with Crippen molar-refractivity contribution in [2.24, 2.45) is 12.8 Å². The van der Waals surface area contributed by atoms with E-state index in [-0.39, 0.29) is 17.2 Å². The summed E-state index contributed by atoms with van der Waals surface area (Å²) in [4.78, 5) is 11.2. The van der Waals surface area contributed by atoms with Crippen LogP contribution in [0, 0.1) is 23.0 Å². The molecule has 0 saturated carbocycles. The van der Waals surface area contributed by atoms with Gasteiger partial charge in [0.2, 0.25) is 5.95 Å². The fourth-order valence-electron chi connectivity index (χ4n) is 4.06. The van der Waals surface area contributed by atoms with E-state index in [1.54, 1.807) is 25.4 Å². The first kappa shape index (κ1) is 20.9. The molecule has 1 aliphatic rings. The van der Waals surface area contributed by atoms with E-state index in [4.69, 9.17) is 16.0 Å². The number of piperidine rings is 1. The Morgan fingerprint density at radius 1 is 1.09 bits per heavy atom. The maximum absolute atomic E-state index is 15.2. The van der Waals surface area contributed by atoms with Crippen LogP contribution in [0.4, 0.5) is 14.7 Å². The number of rotatable bonds is 3. The lowest BCUT2D eigenvalue weighted by Gasteiger charge is -2.30. The second-order valence-corrected chi connectivity index (χ2v) is 8.10. The average molecular weight is 446 g/mol. The van der Waals surface area contributed by atoms with Gasteiger partial charge in [0, 0.05) is 55.1 Å². The molecule has 33 heavy (non-hydrogen) atoms. The molecule has 5 rings (SSSR count). The van der Waals surface area contributed by atoms with Gasteiger partial charge in [0.25, 0.3) is 0 Å². The lowest BCUT2D eigenvalue weighted by molar-refractivity contribution is 0.495. The Morgan fingerprint density at radius 2 is 1.88 bits per heavy atom. The van der Waals surface area contributed by atoms with Crippen LogP contribution < -0.4 is 10.6 Å². The molecule has 1 fully saturated rings. The Morgan fingerprint density at radius 3 is 2.61 bits per heavy atom. The zero-order chi connectivity index (χ0) is 23.1. The van der Waals surface area contributed by atoms with Crippen molar-refractivity contribution >= 4 is 17.0 Å². The van der Waals surface area contributed by atoms with E-state index in [9.17, 15) is 4.39 Å². The molecule has 8 nitrogen and oxygen atoms in total. The number of halogens is 2. The van der Waals surface area contributed by atoms with Gasteiger partial charge >= 0.3 is 0 Å². The molecule has 0 amide bonds. The van der Waals surface area contributed by atoms with Crippen LogP contribution in [0.2, 0.25) is 0 Å². The normalized spacial score (nSPS) is 14.6. The summed E-state index contributed by atoms with van der Waals surface area (Å²) in [5.41, 5.74) is 8.39. The molecule has 4 aromatic rings. The van der Waals surface area contributed by atoms with Crippen LogP contribution in [0.25, 0.3) is 33.4 Å². The number of fused-ring (bicyclic) bond motifs is 1. The minimum atomic E-state index is -0.671. The van der Waals surface area contributed by atoms with E-state index in [2.05, 4.69) is 15.3 Å². The van der Waals surface area contributed by atoms with Crippen LogP contribution in [0.15, 0.2) is 36.5 Å². The van der Waals surface area contributed by atoms with Crippen molar-refractivity contribution in [2.75, 3.05) is 18.0 Å². The van der Waals surface area contributed by atoms with E-state index in [1.807, 2.05) is 11.0 Å². The van der Waals surface area contributed by atoms with E-state index in [0.717, 1.165) is 12.8 Å². The summed E-state index contributed by atoms with van der Waals surface area (Å²) >= 11 is 0. The molecule has 2 aromatic heterocycles. The minimum absolute atomic E-state index is 0.0771. The fourth-order valence-corrected chi connectivity index (χ4v) is 4.06. The first-order chi connectivity index (χ1) is 15.9. The van der Waals surface area contributed by atoms with Gasteiger partial charge in [0.05, 0.1) is 16.8 Å². The molecular weight excluding hydrogens is 426 g/mol. The van der Waals surface area contributed by atoms with Crippen LogP contribution in [0.1, 0.15) is 18.4 Å². The van der Waals surface area contributed by atoms with E-state index in [1.165, 1.54) is 22.9 Å². The zero-order valence-electron chi connectivity index (χ0n) is 17.8. The largest absolute Gasteiger partial charge is 0.341 e. The third-order valence-corrected chi connectivity index (χ3v) is 5.95. The first-order valence-electron chi connectivity index (χ1n) is 10.5. The van der Waals surface area contributed by atoms with Crippen molar-refractivity contribution in [1.29, 1.82) is 5.26 Å². The van der Waals surface area contributed by atoms with Gasteiger partial charge in [-0.1, -0.05) is 11.3 Å². The Hall–Kier alpha value is -3.97. The quantitative estimate of drug-likeness (QED) is 0.515. The van der Waals surface area contributed by atoms with Gasteiger partial charge < -0.3 is 10.6 Å². The maximum atomic E-state index is 15.2. The van der Waals surface area contributed by atoms with Crippen LogP contribution >= 0.6 is 0 Å². The molecular formula is C23H20F2N8. The summed E-state index contributed by atoms with van der Waals surface area (Å²) < 4.78 is 31.1. The highest BCUT2D eigenvalue weighted by atomic mass is 19.1. The Bertz CT molecular complexity index is 1400. The number of hydrogen-bond acceptors (Lipinski definition) is 7. The van der Waals surface area contributed by atoms with Gasteiger partial charge in [-0.3, -0.25) is 0 Å². The molecule has 0 bridgehead atoms. The molecule has 2 N–H and O–H groups in total. The van der Waals surface area contributed by atoms with Gasteiger partial charge in [-0.05, 0) is 31.0 Å². The Balaban J connectivity index is 1.68. The number of aromatic nitrogens is 5. The van der Waals surface area contributed by atoms with Crippen molar-refractivity contribution in [1.82, 2.24) is 25.0 Å². The van der Waals surface area contributed by atoms with Gasteiger partial charge in [-0.15, -0.1) is 5.10 Å². The second kappa shape index (κ2) is 8.18. The second-order valence-electron chi connectivity index (χ2n) is 8.10. The van der Waals surface area contributed by atoms with E-state index in [0.29, 0.717) is 46.9 Å². The van der Waals surface area contributed by atoms with Crippen molar-refractivity contribution < 1.29 is 8.78 Å². The molecule has 0 atom stereocenters. The predicted octanol–water partition coefficient (Wildman–Crippen LogP) is 3.17. The van der Waals surface area contributed by atoms with Gasteiger partial charge in [0.15, 0.2) is 0 Å². The summed E-state index contributed by atoms with van der Waals surface area (Å²) in [5.74, 6) is -0.704. The number of nitriles is 1. The highest BCUT2D eigenvalue weighted by Crippen LogP contribution is 2.35. The maximum Gasteiger partial charge on any atom is 0.225 e. The van der Waals surface area contributed by atoms with Crippen LogP contribution in [0.3, 0.4) is 0 Å². The van der Waals surface area contributed by atoms with E-state index < -0.39 is 11.6 Å². The zero-order valence-corrected chi connectivity index (χ0v) is 17.8. The predicted molar refractivity (Wildman–Crippen MR) is 119 cm³/mol. The smallest absolute Gasteiger partial charge is 0.225 e. The standard InChI is InChI=1S/C23H20F2N8/c1-32-21-10-19(25)16(9-20(21)30-31-32)17-12-28-23(33-6-4-15(27)5-7-33)29-22(17)13-2-3-14(11-26)18(24)8-13/h2-3,8-10,12,15H,4-7,27H2,1H3. The van der Waals surface area contributed by atoms with E-state index >= 15 is 4.39 Å². The van der Waals surface area contributed by atoms with Gasteiger partial charge in [0.1, 0.15) is 23.2 Å². The van der Waals surface area contributed by atoms with Gasteiger partial charge in [-0.2, -0.15) is 5.26 Å². The summed E-state index contributed by atoms with van der Waals surface area (Å²) in [6, 6.07) is 9.11.